The van der Waals surface area contributed by atoms with Crippen LogP contribution in [-0.4, -0.2) is 59.4 Å². The van der Waals surface area contributed by atoms with Crippen molar-refractivity contribution in [2.45, 2.75) is 23.1 Å². The van der Waals surface area contributed by atoms with Gasteiger partial charge in [-0.1, -0.05) is 6.07 Å². The van der Waals surface area contributed by atoms with Gasteiger partial charge in [-0.05, 0) is 17.9 Å². The molecule has 12 heteroatoms. The first-order chi connectivity index (χ1) is 11.7. The van der Waals surface area contributed by atoms with Gasteiger partial charge in [0.25, 0.3) is 5.91 Å². The summed E-state index contributed by atoms with van der Waals surface area (Å²) >= 11 is 1.06. The zero-order valence-corrected chi connectivity index (χ0v) is 15.6. The zero-order valence-electron chi connectivity index (χ0n) is 13.1. The summed E-state index contributed by atoms with van der Waals surface area (Å²) in [5.74, 6) is -1.41. The van der Waals surface area contributed by atoms with Crippen molar-refractivity contribution in [1.29, 1.82) is 0 Å². The van der Waals surface area contributed by atoms with Crippen molar-refractivity contribution >= 4 is 43.1 Å². The highest BCUT2D eigenvalue weighted by atomic mass is 32.2. The first kappa shape index (κ1) is 19.8. The molecule has 1 fully saturated rings. The van der Waals surface area contributed by atoms with Gasteiger partial charge in [-0.25, -0.2) is 21.6 Å². The van der Waals surface area contributed by atoms with Crippen LogP contribution in [0.3, 0.4) is 0 Å². The molecule has 1 amide bonds. The van der Waals surface area contributed by atoms with Crippen molar-refractivity contribution in [2.24, 2.45) is 0 Å². The van der Waals surface area contributed by atoms with Crippen LogP contribution in [0.1, 0.15) is 12.8 Å². The lowest BCUT2D eigenvalue weighted by atomic mass is 10.2. The second-order valence-electron chi connectivity index (χ2n) is 5.41. The van der Waals surface area contributed by atoms with Crippen LogP contribution in [0.2, 0.25) is 0 Å². The van der Waals surface area contributed by atoms with Crippen molar-refractivity contribution in [2.75, 3.05) is 24.7 Å². The van der Waals surface area contributed by atoms with E-state index in [2.05, 4.69) is 10.0 Å². The number of rotatable bonds is 8. The Labute approximate surface area is 149 Å². The number of sulfone groups is 1. The van der Waals surface area contributed by atoms with Gasteiger partial charge < -0.3 is 10.1 Å². The molecule has 1 saturated heterocycles. The number of hydrogen-bond donors (Lipinski definition) is 2. The Morgan fingerprint density at radius 3 is 2.72 bits per heavy atom. The lowest BCUT2D eigenvalue weighted by molar-refractivity contribution is -0.148. The topological polar surface area (TPSA) is 136 Å². The number of carbonyl (C=O) groups is 2. The molecule has 1 aliphatic rings. The van der Waals surface area contributed by atoms with Crippen LogP contribution in [0.15, 0.2) is 21.7 Å². The Morgan fingerprint density at radius 2 is 2.12 bits per heavy atom. The minimum Gasteiger partial charge on any atom is -0.456 e. The number of sulfonamides is 1. The molecule has 1 aliphatic heterocycles. The molecule has 0 aliphatic carbocycles. The Balaban J connectivity index is 1.65. The molecule has 0 spiro atoms. The molecule has 0 aromatic carbocycles. The molecule has 2 heterocycles. The number of esters is 1. The molecule has 1 atom stereocenters. The Kier molecular flexibility index (Phi) is 6.54. The first-order valence-corrected chi connectivity index (χ1v) is 11.5. The number of carbonyl (C=O) groups excluding carboxylic acids is 2. The average molecular weight is 410 g/mol. The highest BCUT2D eigenvalue weighted by molar-refractivity contribution is 7.91. The van der Waals surface area contributed by atoms with Crippen LogP contribution in [-0.2, 0) is 34.2 Å². The number of nitrogens with one attached hydrogen (secondary N) is 2. The molecule has 9 nitrogen and oxygen atoms in total. The summed E-state index contributed by atoms with van der Waals surface area (Å²) in [7, 11) is -6.75. The second-order valence-corrected chi connectivity index (χ2v) is 10.6. The quantitative estimate of drug-likeness (QED) is 0.539. The molecule has 0 unspecified atom stereocenters. The molecule has 0 bridgehead atoms. The molecule has 0 saturated carbocycles. The summed E-state index contributed by atoms with van der Waals surface area (Å²) in [5, 5.41) is 4.11. The smallest absolute Gasteiger partial charge is 0.307 e. The van der Waals surface area contributed by atoms with Gasteiger partial charge in [0.1, 0.15) is 4.21 Å². The van der Waals surface area contributed by atoms with E-state index < -0.39 is 44.4 Å². The van der Waals surface area contributed by atoms with Crippen molar-refractivity contribution in [3.8, 4) is 0 Å². The van der Waals surface area contributed by atoms with Gasteiger partial charge in [-0.2, -0.15) is 0 Å². The highest BCUT2D eigenvalue weighted by Crippen LogP contribution is 2.15. The van der Waals surface area contributed by atoms with E-state index in [-0.39, 0.29) is 28.7 Å². The van der Waals surface area contributed by atoms with Crippen molar-refractivity contribution < 1.29 is 31.2 Å². The SMILES string of the molecule is O=C(COC(=O)CCNS(=O)(=O)c1cccs1)N[C@H]1CCS(=O)(=O)C1. The second kappa shape index (κ2) is 8.25. The van der Waals surface area contributed by atoms with Crippen LogP contribution >= 0.6 is 11.3 Å². The molecule has 25 heavy (non-hydrogen) atoms. The lowest BCUT2D eigenvalue weighted by Gasteiger charge is -2.11. The van der Waals surface area contributed by atoms with Crippen LogP contribution in [0.4, 0.5) is 0 Å². The van der Waals surface area contributed by atoms with E-state index in [0.29, 0.717) is 6.42 Å². The molecular weight excluding hydrogens is 392 g/mol. The fourth-order valence-corrected chi connectivity index (χ4v) is 5.91. The van der Waals surface area contributed by atoms with Gasteiger partial charge >= 0.3 is 5.97 Å². The molecule has 0 radical (unpaired) electrons. The highest BCUT2D eigenvalue weighted by Gasteiger charge is 2.29. The number of hydrogen-bond acceptors (Lipinski definition) is 8. The number of ether oxygens (including phenoxy) is 1. The molecule has 2 N–H and O–H groups in total. The van der Waals surface area contributed by atoms with Gasteiger partial charge in [0.15, 0.2) is 16.4 Å². The van der Waals surface area contributed by atoms with Crippen molar-refractivity contribution in [3.63, 3.8) is 0 Å². The molecular formula is C13H18N2O7S3. The Morgan fingerprint density at radius 1 is 1.36 bits per heavy atom. The monoisotopic (exact) mass is 410 g/mol. The van der Waals surface area contributed by atoms with E-state index in [1.165, 1.54) is 6.07 Å². The summed E-state index contributed by atoms with van der Waals surface area (Å²) in [6.07, 6.45) is 0.113. The maximum Gasteiger partial charge on any atom is 0.307 e. The van der Waals surface area contributed by atoms with E-state index in [9.17, 15) is 26.4 Å². The fraction of sp³-hybridized carbons (Fsp3) is 0.538. The summed E-state index contributed by atoms with van der Waals surface area (Å²) < 4.78 is 53.3. The minimum atomic E-state index is -3.65. The zero-order chi connectivity index (χ0) is 18.5. The van der Waals surface area contributed by atoms with Gasteiger partial charge in [-0.3, -0.25) is 9.59 Å². The predicted molar refractivity (Wildman–Crippen MR) is 90.3 cm³/mol. The Hall–Kier alpha value is -1.50. The third kappa shape index (κ3) is 6.38. The van der Waals surface area contributed by atoms with Gasteiger partial charge in [0, 0.05) is 12.6 Å². The van der Waals surface area contributed by atoms with Crippen LogP contribution < -0.4 is 10.0 Å². The van der Waals surface area contributed by atoms with Crippen molar-refractivity contribution in [1.82, 2.24) is 10.0 Å². The third-order valence-electron chi connectivity index (χ3n) is 3.34. The maximum atomic E-state index is 11.8. The Bertz CT molecular complexity index is 816. The summed E-state index contributed by atoms with van der Waals surface area (Å²) in [6.45, 7) is -0.686. The average Bonchev–Trinajstić information content (AvgIpc) is 3.15. The fourth-order valence-electron chi connectivity index (χ4n) is 2.17. The first-order valence-electron chi connectivity index (χ1n) is 7.36. The molecule has 2 rings (SSSR count). The standard InChI is InChI=1S/C13H18N2O7S3/c16-11(15-10-4-7-24(18,19)9-10)8-22-12(17)3-5-14-25(20,21)13-2-1-6-23-13/h1-2,6,10,14H,3-5,7-9H2,(H,15,16)/t10-/m0/s1. The van der Waals surface area contributed by atoms with E-state index in [1.807, 2.05) is 0 Å². The van der Waals surface area contributed by atoms with E-state index >= 15 is 0 Å². The largest absolute Gasteiger partial charge is 0.456 e. The number of thiophene rings is 1. The predicted octanol–water partition coefficient (Wildman–Crippen LogP) is -0.737. The van der Waals surface area contributed by atoms with Gasteiger partial charge in [0.05, 0.1) is 17.9 Å². The maximum absolute atomic E-state index is 11.8. The third-order valence-corrected chi connectivity index (χ3v) is 7.97. The van der Waals surface area contributed by atoms with E-state index in [1.54, 1.807) is 11.4 Å². The number of amides is 1. The normalized spacial score (nSPS) is 19.4. The molecule has 1 aromatic rings. The van der Waals surface area contributed by atoms with Crippen molar-refractivity contribution in [3.05, 3.63) is 17.5 Å². The van der Waals surface area contributed by atoms with E-state index in [4.69, 9.17) is 4.74 Å². The van der Waals surface area contributed by atoms with Crippen LogP contribution in [0, 0.1) is 0 Å². The van der Waals surface area contributed by atoms with Crippen LogP contribution in [0.5, 0.6) is 0 Å². The summed E-state index contributed by atoms with van der Waals surface area (Å²) in [4.78, 5) is 23.1. The lowest BCUT2D eigenvalue weighted by Crippen LogP contribution is -2.38. The minimum absolute atomic E-state index is 0.0299. The van der Waals surface area contributed by atoms with Crippen LogP contribution in [0.25, 0.3) is 0 Å². The molecule has 140 valence electrons. The molecule has 1 aromatic heterocycles. The van der Waals surface area contributed by atoms with Gasteiger partial charge in [0.2, 0.25) is 10.0 Å². The van der Waals surface area contributed by atoms with Gasteiger partial charge in [-0.15, -0.1) is 11.3 Å². The summed E-state index contributed by atoms with van der Waals surface area (Å²) in [6, 6.07) is 2.58. The van der Waals surface area contributed by atoms with E-state index in [0.717, 1.165) is 11.3 Å². The summed E-state index contributed by atoms with van der Waals surface area (Å²) in [5.41, 5.74) is 0.